The average molecular weight is 157 g/mol. The Morgan fingerprint density at radius 2 is 2.09 bits per heavy atom. The molecule has 1 aliphatic heterocycles. The van der Waals surface area contributed by atoms with Crippen molar-refractivity contribution in [2.75, 3.05) is 26.4 Å². The van der Waals surface area contributed by atoms with Crippen molar-refractivity contribution in [3.63, 3.8) is 0 Å². The Morgan fingerprint density at radius 1 is 1.45 bits per heavy atom. The van der Waals surface area contributed by atoms with Crippen molar-refractivity contribution in [3.8, 4) is 0 Å². The molecule has 2 nitrogen and oxygen atoms in total. The van der Waals surface area contributed by atoms with E-state index in [0.717, 1.165) is 25.8 Å². The van der Waals surface area contributed by atoms with Crippen LogP contribution in [0.25, 0.3) is 0 Å². The van der Waals surface area contributed by atoms with Gasteiger partial charge in [-0.05, 0) is 5.92 Å². The van der Waals surface area contributed by atoms with Gasteiger partial charge in [-0.1, -0.05) is 13.8 Å². The predicted molar refractivity (Wildman–Crippen MR) is 48.5 cm³/mol. The van der Waals surface area contributed by atoms with Crippen LogP contribution in [0.15, 0.2) is 13.2 Å². The monoisotopic (exact) mass is 157 g/mol. The highest BCUT2D eigenvalue weighted by Gasteiger charge is 2.11. The molecule has 66 valence electrons. The van der Waals surface area contributed by atoms with Crippen molar-refractivity contribution in [2.24, 2.45) is 5.92 Å². The zero-order chi connectivity index (χ0) is 8.69. The molecule has 0 atom stereocenters. The first kappa shape index (κ1) is 10.7. The van der Waals surface area contributed by atoms with Crippen molar-refractivity contribution in [3.05, 3.63) is 13.2 Å². The van der Waals surface area contributed by atoms with E-state index < -0.39 is 0 Å². The molecule has 0 aromatic carbocycles. The second kappa shape index (κ2) is 6.38. The molecule has 0 aliphatic carbocycles. The predicted octanol–water partition coefficient (Wildman–Crippen LogP) is 1.73. The van der Waals surface area contributed by atoms with E-state index in [4.69, 9.17) is 4.74 Å². The first-order valence-corrected chi connectivity index (χ1v) is 4.09. The molecule has 0 N–H and O–H groups in total. The van der Waals surface area contributed by atoms with Crippen LogP contribution in [-0.4, -0.2) is 31.3 Å². The van der Waals surface area contributed by atoms with Gasteiger partial charge in [0.15, 0.2) is 0 Å². The highest BCUT2D eigenvalue weighted by Crippen LogP contribution is 2.02. The Hall–Kier alpha value is -0.340. The lowest BCUT2D eigenvalue weighted by Gasteiger charge is -2.14. The maximum atomic E-state index is 5.18. The lowest BCUT2D eigenvalue weighted by atomic mass is 10.2. The molecule has 1 heterocycles. The van der Waals surface area contributed by atoms with E-state index in [1.165, 1.54) is 6.54 Å². The minimum atomic E-state index is 0.770. The minimum Gasteiger partial charge on any atom is -0.365 e. The summed E-state index contributed by atoms with van der Waals surface area (Å²) >= 11 is 0. The van der Waals surface area contributed by atoms with Gasteiger partial charge >= 0.3 is 0 Å². The maximum Gasteiger partial charge on any atom is 0.0991 e. The number of ether oxygens (including phenoxy) is 1. The van der Waals surface area contributed by atoms with E-state index in [0.29, 0.717) is 0 Å². The van der Waals surface area contributed by atoms with E-state index in [9.17, 15) is 0 Å². The fourth-order valence-electron chi connectivity index (χ4n) is 1.11. The third-order valence-electron chi connectivity index (χ3n) is 1.45. The summed E-state index contributed by atoms with van der Waals surface area (Å²) in [5.41, 5.74) is 0. The zero-order valence-corrected chi connectivity index (χ0v) is 7.68. The Kier molecular flexibility index (Phi) is 6.18. The molecule has 1 saturated heterocycles. The van der Waals surface area contributed by atoms with Crippen molar-refractivity contribution in [1.29, 1.82) is 0 Å². The Balaban J connectivity index is 0.000000461. The Labute approximate surface area is 69.8 Å². The fourth-order valence-corrected chi connectivity index (χ4v) is 1.11. The molecule has 0 unspecified atom stereocenters. The summed E-state index contributed by atoms with van der Waals surface area (Å²) in [5.74, 6) is 0.770. The quantitative estimate of drug-likeness (QED) is 0.566. The van der Waals surface area contributed by atoms with Crippen molar-refractivity contribution >= 4 is 0 Å². The van der Waals surface area contributed by atoms with Crippen molar-refractivity contribution in [1.82, 2.24) is 4.90 Å². The van der Waals surface area contributed by atoms with Crippen LogP contribution < -0.4 is 0 Å². The van der Waals surface area contributed by atoms with Crippen LogP contribution in [0.4, 0.5) is 0 Å². The number of hydrogen-bond donors (Lipinski definition) is 0. The Bertz CT molecular complexity index is 87.6. The normalized spacial score (nSPS) is 18.1. The summed E-state index contributed by atoms with van der Waals surface area (Å²) in [6.07, 6.45) is 0. The SMILES string of the molecule is C=C.CC(C)CN1CCOC1. The molecular weight excluding hydrogens is 138 g/mol. The van der Waals surface area contributed by atoms with E-state index in [1.807, 2.05) is 0 Å². The lowest BCUT2D eigenvalue weighted by molar-refractivity contribution is 0.134. The van der Waals surface area contributed by atoms with Crippen LogP contribution >= 0.6 is 0 Å². The van der Waals surface area contributed by atoms with E-state index in [-0.39, 0.29) is 0 Å². The van der Waals surface area contributed by atoms with Crippen LogP contribution in [0.1, 0.15) is 13.8 Å². The van der Waals surface area contributed by atoms with Crippen LogP contribution in [0, 0.1) is 5.92 Å². The molecule has 0 bridgehead atoms. The largest absolute Gasteiger partial charge is 0.365 e. The summed E-state index contributed by atoms with van der Waals surface area (Å²) in [7, 11) is 0. The molecule has 0 spiro atoms. The molecule has 1 rings (SSSR count). The van der Waals surface area contributed by atoms with Gasteiger partial charge in [-0.25, -0.2) is 0 Å². The maximum absolute atomic E-state index is 5.18. The van der Waals surface area contributed by atoms with E-state index in [2.05, 4.69) is 31.9 Å². The van der Waals surface area contributed by atoms with Crippen molar-refractivity contribution in [2.45, 2.75) is 13.8 Å². The summed E-state index contributed by atoms with van der Waals surface area (Å²) < 4.78 is 5.18. The molecule has 0 amide bonds. The van der Waals surface area contributed by atoms with Gasteiger partial charge in [0, 0.05) is 13.1 Å². The first-order chi connectivity index (χ1) is 5.29. The van der Waals surface area contributed by atoms with Gasteiger partial charge in [-0.2, -0.15) is 0 Å². The van der Waals surface area contributed by atoms with Gasteiger partial charge in [0.1, 0.15) is 0 Å². The van der Waals surface area contributed by atoms with Gasteiger partial charge in [-0.3, -0.25) is 4.90 Å². The number of hydrogen-bond acceptors (Lipinski definition) is 2. The second-order valence-electron chi connectivity index (χ2n) is 3.01. The highest BCUT2D eigenvalue weighted by atomic mass is 16.5. The van der Waals surface area contributed by atoms with Crippen LogP contribution in [0.2, 0.25) is 0 Å². The standard InChI is InChI=1S/C7H15NO.C2H4/c1-7(2)5-8-3-4-9-6-8;1-2/h7H,3-6H2,1-2H3;1-2H2. The molecule has 0 aromatic heterocycles. The summed E-state index contributed by atoms with van der Waals surface area (Å²) in [6.45, 7) is 14.5. The molecule has 11 heavy (non-hydrogen) atoms. The molecule has 0 radical (unpaired) electrons. The lowest BCUT2D eigenvalue weighted by Crippen LogP contribution is -2.24. The average Bonchev–Trinajstić information content (AvgIpc) is 2.43. The third kappa shape index (κ3) is 4.99. The first-order valence-electron chi connectivity index (χ1n) is 4.09. The topological polar surface area (TPSA) is 12.5 Å². The van der Waals surface area contributed by atoms with Gasteiger partial charge in [0.05, 0.1) is 13.3 Å². The van der Waals surface area contributed by atoms with E-state index >= 15 is 0 Å². The van der Waals surface area contributed by atoms with Crippen LogP contribution in [0.5, 0.6) is 0 Å². The van der Waals surface area contributed by atoms with Crippen LogP contribution in [0.3, 0.4) is 0 Å². The van der Waals surface area contributed by atoms with Gasteiger partial charge in [0.2, 0.25) is 0 Å². The molecule has 1 aliphatic rings. The molecule has 0 saturated carbocycles. The second-order valence-corrected chi connectivity index (χ2v) is 3.01. The molecule has 0 aromatic rings. The summed E-state index contributed by atoms with van der Waals surface area (Å²) in [5, 5.41) is 0. The summed E-state index contributed by atoms with van der Waals surface area (Å²) in [6, 6.07) is 0. The molecule has 2 heteroatoms. The fraction of sp³-hybridized carbons (Fsp3) is 0.778. The third-order valence-corrected chi connectivity index (χ3v) is 1.45. The smallest absolute Gasteiger partial charge is 0.0991 e. The van der Waals surface area contributed by atoms with Crippen LogP contribution in [-0.2, 0) is 4.74 Å². The molecular formula is C9H19NO. The van der Waals surface area contributed by atoms with E-state index in [1.54, 1.807) is 0 Å². The number of rotatable bonds is 2. The minimum absolute atomic E-state index is 0.770. The van der Waals surface area contributed by atoms with Crippen molar-refractivity contribution < 1.29 is 4.74 Å². The van der Waals surface area contributed by atoms with Gasteiger partial charge in [-0.15, -0.1) is 13.2 Å². The zero-order valence-electron chi connectivity index (χ0n) is 7.68. The summed E-state index contributed by atoms with van der Waals surface area (Å²) in [4.78, 5) is 2.34. The van der Waals surface area contributed by atoms with Gasteiger partial charge < -0.3 is 4.74 Å². The van der Waals surface area contributed by atoms with Gasteiger partial charge in [0.25, 0.3) is 0 Å². The Morgan fingerprint density at radius 3 is 2.45 bits per heavy atom. The number of nitrogens with zero attached hydrogens (tertiary/aromatic N) is 1. The molecule has 1 fully saturated rings. The highest BCUT2D eigenvalue weighted by molar-refractivity contribution is 4.59.